The van der Waals surface area contributed by atoms with Gasteiger partial charge in [0.2, 0.25) is 0 Å². The Hall–Kier alpha value is -3.78. The maximum absolute atomic E-state index is 4.23. The first-order valence-corrected chi connectivity index (χ1v) is 10.9. The molecular weight excluding hydrogens is 388 g/mol. The lowest BCUT2D eigenvalue weighted by molar-refractivity contribution is 0.801. The molecule has 32 heavy (non-hydrogen) atoms. The van der Waals surface area contributed by atoms with Crippen LogP contribution in [-0.4, -0.2) is 0 Å². The monoisotopic (exact) mass is 420 g/mol. The number of allylic oxidation sites excluding steroid dienone is 4. The quantitative estimate of drug-likeness (QED) is 0.344. The molecule has 0 radical (unpaired) electrons. The molecular formula is C30H32N2. The van der Waals surface area contributed by atoms with Crippen LogP contribution >= 0.6 is 0 Å². The SMILES string of the molecule is C=C(/C=C/c1ccccc1)NCc1cccc(CN/C(C)=C/C(=C)c2ccccc2C)c1. The Labute approximate surface area is 192 Å². The van der Waals surface area contributed by atoms with Gasteiger partial charge in [0, 0.05) is 24.5 Å². The van der Waals surface area contributed by atoms with Crippen molar-refractivity contribution in [1.82, 2.24) is 10.6 Å². The second kappa shape index (κ2) is 11.6. The van der Waals surface area contributed by atoms with Crippen LogP contribution in [0.2, 0.25) is 0 Å². The molecule has 0 saturated heterocycles. The van der Waals surface area contributed by atoms with E-state index in [0.29, 0.717) is 0 Å². The van der Waals surface area contributed by atoms with Crippen LogP contribution in [-0.2, 0) is 13.1 Å². The Kier molecular flexibility index (Phi) is 8.28. The Morgan fingerprint density at radius 3 is 2.19 bits per heavy atom. The van der Waals surface area contributed by atoms with Crippen molar-refractivity contribution in [2.45, 2.75) is 26.9 Å². The highest BCUT2D eigenvalue weighted by molar-refractivity contribution is 5.74. The van der Waals surface area contributed by atoms with Crippen molar-refractivity contribution in [3.05, 3.63) is 143 Å². The summed E-state index contributed by atoms with van der Waals surface area (Å²) in [6.07, 6.45) is 6.18. The second-order valence-electron chi connectivity index (χ2n) is 7.96. The molecule has 0 bridgehead atoms. The van der Waals surface area contributed by atoms with Crippen LogP contribution in [0.3, 0.4) is 0 Å². The Bertz CT molecular complexity index is 1120. The molecule has 3 rings (SSSR count). The summed E-state index contributed by atoms with van der Waals surface area (Å²) in [5, 5.41) is 6.89. The van der Waals surface area contributed by atoms with Crippen molar-refractivity contribution in [2.24, 2.45) is 0 Å². The molecule has 0 spiro atoms. The smallest absolute Gasteiger partial charge is 0.0400 e. The molecule has 0 aliphatic rings. The number of hydrogen-bond donors (Lipinski definition) is 2. The van der Waals surface area contributed by atoms with Crippen LogP contribution in [0.15, 0.2) is 116 Å². The van der Waals surface area contributed by atoms with Crippen LogP contribution in [0.5, 0.6) is 0 Å². The van der Waals surface area contributed by atoms with E-state index in [2.05, 4.69) is 110 Å². The largest absolute Gasteiger partial charge is 0.384 e. The molecule has 0 aliphatic carbocycles. The zero-order chi connectivity index (χ0) is 22.8. The maximum atomic E-state index is 4.23. The minimum Gasteiger partial charge on any atom is -0.384 e. The minimum atomic E-state index is 0.741. The van der Waals surface area contributed by atoms with E-state index in [1.165, 1.54) is 22.3 Å². The molecule has 0 atom stereocenters. The lowest BCUT2D eigenvalue weighted by atomic mass is 10.0. The van der Waals surface area contributed by atoms with Gasteiger partial charge in [0.15, 0.2) is 0 Å². The molecule has 2 N–H and O–H groups in total. The maximum Gasteiger partial charge on any atom is 0.0400 e. The predicted octanol–water partition coefficient (Wildman–Crippen LogP) is 7.02. The summed E-state index contributed by atoms with van der Waals surface area (Å²) < 4.78 is 0. The molecule has 0 amide bonds. The van der Waals surface area contributed by atoms with Gasteiger partial charge in [-0.2, -0.15) is 0 Å². The van der Waals surface area contributed by atoms with E-state index < -0.39 is 0 Å². The van der Waals surface area contributed by atoms with Gasteiger partial charge in [0.1, 0.15) is 0 Å². The van der Waals surface area contributed by atoms with Crippen LogP contribution in [0, 0.1) is 6.92 Å². The van der Waals surface area contributed by atoms with E-state index in [-0.39, 0.29) is 0 Å². The second-order valence-corrected chi connectivity index (χ2v) is 7.96. The molecule has 0 heterocycles. The number of aryl methyl sites for hydroxylation is 1. The Morgan fingerprint density at radius 1 is 0.812 bits per heavy atom. The highest BCUT2D eigenvalue weighted by Gasteiger charge is 2.01. The predicted molar refractivity (Wildman–Crippen MR) is 139 cm³/mol. The Morgan fingerprint density at radius 2 is 1.47 bits per heavy atom. The van der Waals surface area contributed by atoms with Crippen LogP contribution in [0.25, 0.3) is 11.6 Å². The Balaban J connectivity index is 1.51. The van der Waals surface area contributed by atoms with Gasteiger partial charge in [-0.15, -0.1) is 0 Å². The van der Waals surface area contributed by atoms with E-state index >= 15 is 0 Å². The fourth-order valence-corrected chi connectivity index (χ4v) is 3.45. The van der Waals surface area contributed by atoms with Gasteiger partial charge >= 0.3 is 0 Å². The summed E-state index contributed by atoms with van der Waals surface area (Å²) in [6, 6.07) is 27.2. The number of rotatable bonds is 10. The number of hydrogen-bond acceptors (Lipinski definition) is 2. The van der Waals surface area contributed by atoms with Crippen molar-refractivity contribution < 1.29 is 0 Å². The van der Waals surface area contributed by atoms with E-state index in [1.54, 1.807) is 0 Å². The van der Waals surface area contributed by atoms with Gasteiger partial charge in [-0.25, -0.2) is 0 Å². The summed E-state index contributed by atoms with van der Waals surface area (Å²) in [5.74, 6) is 0. The summed E-state index contributed by atoms with van der Waals surface area (Å²) in [7, 11) is 0. The molecule has 2 nitrogen and oxygen atoms in total. The molecule has 3 aromatic rings. The van der Waals surface area contributed by atoms with Gasteiger partial charge in [-0.3, -0.25) is 0 Å². The van der Waals surface area contributed by atoms with E-state index in [0.717, 1.165) is 35.6 Å². The number of nitrogens with one attached hydrogen (secondary N) is 2. The van der Waals surface area contributed by atoms with Gasteiger partial charge < -0.3 is 10.6 Å². The average Bonchev–Trinajstić information content (AvgIpc) is 2.81. The molecule has 0 aromatic heterocycles. The molecule has 0 fully saturated rings. The third kappa shape index (κ3) is 7.17. The van der Waals surface area contributed by atoms with Crippen molar-refractivity contribution in [1.29, 1.82) is 0 Å². The molecule has 0 saturated carbocycles. The van der Waals surface area contributed by atoms with E-state index in [1.807, 2.05) is 24.3 Å². The number of benzene rings is 3. The lowest BCUT2D eigenvalue weighted by Gasteiger charge is -2.11. The van der Waals surface area contributed by atoms with Gasteiger partial charge in [-0.05, 0) is 59.4 Å². The molecule has 0 unspecified atom stereocenters. The topological polar surface area (TPSA) is 24.1 Å². The lowest BCUT2D eigenvalue weighted by Crippen LogP contribution is -2.13. The van der Waals surface area contributed by atoms with Gasteiger partial charge in [0.05, 0.1) is 0 Å². The fourth-order valence-electron chi connectivity index (χ4n) is 3.45. The van der Waals surface area contributed by atoms with Crippen LogP contribution in [0.1, 0.15) is 34.7 Å². The van der Waals surface area contributed by atoms with Crippen molar-refractivity contribution in [3.8, 4) is 0 Å². The van der Waals surface area contributed by atoms with E-state index in [4.69, 9.17) is 0 Å². The van der Waals surface area contributed by atoms with Gasteiger partial charge in [-0.1, -0.05) is 98.1 Å². The van der Waals surface area contributed by atoms with Crippen molar-refractivity contribution >= 4 is 11.6 Å². The normalized spacial score (nSPS) is 11.4. The molecule has 162 valence electrons. The summed E-state index contributed by atoms with van der Waals surface area (Å²) in [6.45, 7) is 14.0. The summed E-state index contributed by atoms with van der Waals surface area (Å²) in [5.41, 5.74) is 9.07. The first kappa shape index (κ1) is 22.9. The fraction of sp³-hybridized carbons (Fsp3) is 0.133. The molecule has 0 aliphatic heterocycles. The van der Waals surface area contributed by atoms with Crippen molar-refractivity contribution in [2.75, 3.05) is 0 Å². The summed E-state index contributed by atoms with van der Waals surface area (Å²) in [4.78, 5) is 0. The summed E-state index contributed by atoms with van der Waals surface area (Å²) >= 11 is 0. The highest BCUT2D eigenvalue weighted by Crippen LogP contribution is 2.19. The standard InChI is InChI=1S/C30H32N2/c1-23-11-8-9-16-30(23)24(2)19-26(4)32-22-29-15-10-14-28(20-29)21-31-25(3)17-18-27-12-6-5-7-13-27/h5-20,31-32H,2-3,21-22H2,1,4H3/b18-17+,26-19+. The zero-order valence-corrected chi connectivity index (χ0v) is 19.1. The van der Waals surface area contributed by atoms with Gasteiger partial charge in [0.25, 0.3) is 0 Å². The molecule has 3 aromatic carbocycles. The average molecular weight is 421 g/mol. The highest BCUT2D eigenvalue weighted by atomic mass is 14.9. The minimum absolute atomic E-state index is 0.741. The first-order valence-electron chi connectivity index (χ1n) is 10.9. The van der Waals surface area contributed by atoms with Crippen molar-refractivity contribution in [3.63, 3.8) is 0 Å². The third-order valence-electron chi connectivity index (χ3n) is 5.24. The zero-order valence-electron chi connectivity index (χ0n) is 19.1. The third-order valence-corrected chi connectivity index (χ3v) is 5.24. The van der Waals surface area contributed by atoms with E-state index in [9.17, 15) is 0 Å². The first-order chi connectivity index (χ1) is 15.5. The van der Waals surface area contributed by atoms with Crippen LogP contribution in [0.4, 0.5) is 0 Å². The van der Waals surface area contributed by atoms with Crippen LogP contribution < -0.4 is 10.6 Å². The molecule has 2 heteroatoms.